The molecule has 0 aliphatic heterocycles. The van der Waals surface area contributed by atoms with Crippen LogP contribution in [-0.4, -0.2) is 41.3 Å². The molecule has 2 amide bonds. The lowest BCUT2D eigenvalue weighted by Crippen LogP contribution is -2.21. The van der Waals surface area contributed by atoms with Crippen molar-refractivity contribution in [3.63, 3.8) is 0 Å². The first-order chi connectivity index (χ1) is 13.8. The van der Waals surface area contributed by atoms with Crippen molar-refractivity contribution >= 4 is 51.7 Å². The Morgan fingerprint density at radius 2 is 1.97 bits per heavy atom. The number of hydrogen-bond acceptors (Lipinski definition) is 6. The number of amides is 2. The Morgan fingerprint density at radius 1 is 1.21 bits per heavy atom. The second-order valence-corrected chi connectivity index (χ2v) is 6.90. The fraction of sp³-hybridized carbons (Fsp3) is 0.158. The largest absolute Gasteiger partial charge is 0.491 e. The highest BCUT2D eigenvalue weighted by Crippen LogP contribution is 2.36. The molecule has 29 heavy (non-hydrogen) atoms. The third-order valence-corrected chi connectivity index (χ3v) is 4.51. The Bertz CT molecular complexity index is 1080. The summed E-state index contributed by atoms with van der Waals surface area (Å²) in [5, 5.41) is 21.5. The molecule has 8 nitrogen and oxygen atoms in total. The summed E-state index contributed by atoms with van der Waals surface area (Å²) in [4.78, 5) is 24.5. The number of hydrogen-bond donors (Lipinski definition) is 4. The molecule has 10 heteroatoms. The van der Waals surface area contributed by atoms with Gasteiger partial charge in [0.05, 0.1) is 11.6 Å². The van der Waals surface area contributed by atoms with Crippen molar-refractivity contribution in [3.8, 4) is 5.75 Å². The average molecular weight is 439 g/mol. The highest BCUT2D eigenvalue weighted by atomic mass is 35.5. The molecule has 0 fully saturated rings. The quantitative estimate of drug-likeness (QED) is 0.418. The molecule has 0 aliphatic carbocycles. The zero-order chi connectivity index (χ0) is 21.1. The van der Waals surface area contributed by atoms with Gasteiger partial charge < -0.3 is 30.4 Å². The van der Waals surface area contributed by atoms with Crippen LogP contribution in [0.3, 0.4) is 0 Å². The molecule has 3 rings (SSSR count). The fourth-order valence-electron chi connectivity index (χ4n) is 2.61. The Labute approximate surface area is 174 Å². The van der Waals surface area contributed by atoms with Crippen LogP contribution in [0.4, 0.5) is 10.5 Å². The van der Waals surface area contributed by atoms with Crippen LogP contribution in [0.25, 0.3) is 11.0 Å². The van der Waals surface area contributed by atoms with E-state index in [-0.39, 0.29) is 34.2 Å². The number of anilines is 1. The number of rotatable bonds is 7. The second kappa shape index (κ2) is 8.71. The van der Waals surface area contributed by atoms with Gasteiger partial charge in [-0.15, -0.1) is 0 Å². The summed E-state index contributed by atoms with van der Waals surface area (Å²) in [5.74, 6) is -0.463. The van der Waals surface area contributed by atoms with Gasteiger partial charge in [-0.05, 0) is 30.3 Å². The molecule has 0 spiro atoms. The molecule has 0 saturated carbocycles. The number of primary amides is 1. The molecule has 1 atom stereocenters. The number of nitrogens with one attached hydrogen (secondary N) is 1. The number of furan rings is 1. The predicted octanol–water partition coefficient (Wildman–Crippen LogP) is 3.19. The number of ketones is 1. The average Bonchev–Trinajstić information content (AvgIpc) is 3.04. The number of aliphatic hydroxyl groups is 2. The Hall–Kier alpha value is -2.78. The summed E-state index contributed by atoms with van der Waals surface area (Å²) in [7, 11) is 0. The van der Waals surface area contributed by atoms with Crippen LogP contribution in [0.15, 0.2) is 40.8 Å². The maximum atomic E-state index is 13.0. The van der Waals surface area contributed by atoms with Gasteiger partial charge in [0.2, 0.25) is 5.78 Å². The minimum Gasteiger partial charge on any atom is -0.491 e. The van der Waals surface area contributed by atoms with Gasteiger partial charge in [-0.25, -0.2) is 4.79 Å². The van der Waals surface area contributed by atoms with Crippen molar-refractivity contribution in [2.75, 3.05) is 18.5 Å². The van der Waals surface area contributed by atoms with Gasteiger partial charge in [-0.2, -0.15) is 0 Å². The number of fused-ring (bicyclic) bond motifs is 1. The number of carbonyl (C=O) groups excluding carboxylic acids is 2. The molecule has 1 aromatic heterocycles. The van der Waals surface area contributed by atoms with E-state index in [1.165, 1.54) is 24.3 Å². The lowest BCUT2D eigenvalue weighted by atomic mass is 10.1. The topological polar surface area (TPSA) is 135 Å². The predicted molar refractivity (Wildman–Crippen MR) is 108 cm³/mol. The van der Waals surface area contributed by atoms with E-state index < -0.39 is 24.5 Å². The molecule has 152 valence electrons. The van der Waals surface area contributed by atoms with Gasteiger partial charge in [0, 0.05) is 22.0 Å². The summed E-state index contributed by atoms with van der Waals surface area (Å²) in [6, 6.07) is 8.09. The highest BCUT2D eigenvalue weighted by molar-refractivity contribution is 6.37. The van der Waals surface area contributed by atoms with Gasteiger partial charge in [-0.3, -0.25) is 4.79 Å². The fourth-order valence-corrected chi connectivity index (χ4v) is 2.99. The standard InChI is InChI=1S/C19H16Cl2N2O6/c20-9-1-4-14(21)13(5-9)17(26)18-16(23-19(22)27)12-3-2-11(6-15(12)29-18)28-8-10(25)7-24/h1-6,10,24-25H,7-8H2,(H3,22,23,27)/t10-/m0/s1. The number of urea groups is 1. The molecule has 0 unspecified atom stereocenters. The van der Waals surface area contributed by atoms with Crippen LogP contribution < -0.4 is 15.8 Å². The van der Waals surface area contributed by atoms with E-state index in [1.54, 1.807) is 12.1 Å². The zero-order valence-electron chi connectivity index (χ0n) is 14.8. The van der Waals surface area contributed by atoms with Gasteiger partial charge in [0.15, 0.2) is 5.76 Å². The third kappa shape index (κ3) is 4.63. The van der Waals surface area contributed by atoms with E-state index in [0.717, 1.165) is 0 Å². The maximum Gasteiger partial charge on any atom is 0.316 e. The zero-order valence-corrected chi connectivity index (χ0v) is 16.3. The van der Waals surface area contributed by atoms with Crippen LogP contribution in [0.2, 0.25) is 10.0 Å². The Morgan fingerprint density at radius 3 is 2.66 bits per heavy atom. The Balaban J connectivity index is 2.06. The molecule has 0 aliphatic rings. The number of nitrogens with two attached hydrogens (primary N) is 1. The van der Waals surface area contributed by atoms with Crippen molar-refractivity contribution in [2.24, 2.45) is 5.73 Å². The van der Waals surface area contributed by atoms with Crippen LogP contribution in [0, 0.1) is 0 Å². The molecule has 1 heterocycles. The summed E-state index contributed by atoms with van der Waals surface area (Å²) >= 11 is 12.1. The SMILES string of the molecule is NC(=O)Nc1c(C(=O)c2cc(Cl)ccc2Cl)oc2cc(OC[C@@H](O)CO)ccc12. The number of benzene rings is 2. The van der Waals surface area contributed by atoms with Gasteiger partial charge >= 0.3 is 6.03 Å². The summed E-state index contributed by atoms with van der Waals surface area (Å²) in [6.45, 7) is -0.590. The minimum atomic E-state index is -1.04. The van der Waals surface area contributed by atoms with Crippen LogP contribution in [0.1, 0.15) is 16.1 Å². The third-order valence-electron chi connectivity index (χ3n) is 3.94. The smallest absolute Gasteiger partial charge is 0.316 e. The minimum absolute atomic E-state index is 0.0792. The van der Waals surface area contributed by atoms with Gasteiger partial charge in [0.1, 0.15) is 29.7 Å². The number of aliphatic hydroxyl groups excluding tert-OH is 2. The van der Waals surface area contributed by atoms with Crippen molar-refractivity contribution < 1.29 is 29.0 Å². The second-order valence-electron chi connectivity index (χ2n) is 6.05. The van der Waals surface area contributed by atoms with E-state index in [4.69, 9.17) is 43.2 Å². The van der Waals surface area contributed by atoms with E-state index in [2.05, 4.69) is 5.32 Å². The monoisotopic (exact) mass is 438 g/mol. The molecule has 0 bridgehead atoms. The van der Waals surface area contributed by atoms with Crippen LogP contribution in [-0.2, 0) is 0 Å². The molecular formula is C19H16Cl2N2O6. The van der Waals surface area contributed by atoms with Crippen LogP contribution in [0.5, 0.6) is 5.75 Å². The van der Waals surface area contributed by atoms with E-state index in [9.17, 15) is 14.7 Å². The first kappa shape index (κ1) is 20.9. The number of carbonyl (C=O) groups is 2. The molecule has 5 N–H and O–H groups in total. The van der Waals surface area contributed by atoms with Crippen molar-refractivity contribution in [1.82, 2.24) is 0 Å². The molecule has 2 aromatic carbocycles. The van der Waals surface area contributed by atoms with Crippen molar-refractivity contribution in [3.05, 3.63) is 57.8 Å². The van der Waals surface area contributed by atoms with Crippen molar-refractivity contribution in [1.29, 1.82) is 0 Å². The Kier molecular flexibility index (Phi) is 6.29. The molecule has 0 radical (unpaired) electrons. The lowest BCUT2D eigenvalue weighted by Gasteiger charge is -2.09. The normalized spacial score (nSPS) is 12.0. The van der Waals surface area contributed by atoms with Gasteiger partial charge in [-0.1, -0.05) is 23.2 Å². The van der Waals surface area contributed by atoms with E-state index in [1.807, 2.05) is 0 Å². The summed E-state index contributed by atoms with van der Waals surface area (Å²) in [6.07, 6.45) is -1.04. The molecule has 3 aromatic rings. The number of halogens is 2. The molecular weight excluding hydrogens is 423 g/mol. The highest BCUT2D eigenvalue weighted by Gasteiger charge is 2.25. The van der Waals surface area contributed by atoms with Crippen molar-refractivity contribution in [2.45, 2.75) is 6.10 Å². The molecule has 0 saturated heterocycles. The first-order valence-corrected chi connectivity index (χ1v) is 9.10. The summed E-state index contributed by atoms with van der Waals surface area (Å²) in [5.41, 5.74) is 5.63. The number of ether oxygens (including phenoxy) is 1. The first-order valence-electron chi connectivity index (χ1n) is 8.34. The van der Waals surface area contributed by atoms with Crippen LogP contribution >= 0.6 is 23.2 Å². The summed E-state index contributed by atoms with van der Waals surface area (Å²) < 4.78 is 11.0. The van der Waals surface area contributed by atoms with E-state index in [0.29, 0.717) is 16.2 Å². The lowest BCUT2D eigenvalue weighted by molar-refractivity contribution is 0.0536. The van der Waals surface area contributed by atoms with Gasteiger partial charge in [0.25, 0.3) is 0 Å². The van der Waals surface area contributed by atoms with E-state index >= 15 is 0 Å². The maximum absolute atomic E-state index is 13.0.